The van der Waals surface area contributed by atoms with Crippen LogP contribution in [0, 0.1) is 0 Å². The standard InChI is InChI=1S/C21H18BrN3O2/c22-15-7-3-5-13-11-18(27-19(13)15)21(26)25-10-4-6-14(12-25)20-23-16-8-1-2-9-17(16)24-20/h1-3,5,7-9,11,14H,4,6,10,12H2,(H,23,24). The van der Waals surface area contributed by atoms with Crippen LogP contribution in [-0.4, -0.2) is 33.9 Å². The van der Waals surface area contributed by atoms with Gasteiger partial charge in [-0.1, -0.05) is 24.3 Å². The SMILES string of the molecule is O=C(c1cc2cccc(Br)c2o1)N1CCCC(c2nc3ccccc3[nH]2)C1. The molecule has 5 nitrogen and oxygen atoms in total. The number of carbonyl (C=O) groups excluding carboxylic acids is 1. The van der Waals surface area contributed by atoms with Crippen molar-refractivity contribution in [2.45, 2.75) is 18.8 Å². The Bertz CT molecular complexity index is 1110. The van der Waals surface area contributed by atoms with Crippen molar-refractivity contribution in [1.82, 2.24) is 14.9 Å². The molecule has 1 aliphatic rings. The number of para-hydroxylation sites is 3. The number of halogens is 1. The Morgan fingerprint density at radius 2 is 2.11 bits per heavy atom. The Morgan fingerprint density at radius 3 is 2.96 bits per heavy atom. The maximum Gasteiger partial charge on any atom is 0.289 e. The summed E-state index contributed by atoms with van der Waals surface area (Å²) >= 11 is 3.48. The number of fused-ring (bicyclic) bond motifs is 2. The Kier molecular flexibility index (Phi) is 4.01. The van der Waals surface area contributed by atoms with Gasteiger partial charge in [0.2, 0.25) is 0 Å². The molecule has 3 heterocycles. The lowest BCUT2D eigenvalue weighted by Gasteiger charge is -2.31. The highest BCUT2D eigenvalue weighted by Crippen LogP contribution is 2.30. The van der Waals surface area contributed by atoms with Crippen molar-refractivity contribution in [2.75, 3.05) is 13.1 Å². The highest BCUT2D eigenvalue weighted by molar-refractivity contribution is 9.10. The first-order valence-electron chi connectivity index (χ1n) is 9.11. The van der Waals surface area contributed by atoms with Crippen molar-refractivity contribution >= 4 is 43.8 Å². The Morgan fingerprint density at radius 1 is 1.22 bits per heavy atom. The third kappa shape index (κ3) is 2.94. The number of nitrogens with zero attached hydrogens (tertiary/aromatic N) is 2. The van der Waals surface area contributed by atoms with Crippen molar-refractivity contribution in [2.24, 2.45) is 0 Å². The smallest absolute Gasteiger partial charge is 0.289 e. The summed E-state index contributed by atoms with van der Waals surface area (Å²) in [5, 5.41) is 0.929. The van der Waals surface area contributed by atoms with Crippen LogP contribution >= 0.6 is 15.9 Å². The van der Waals surface area contributed by atoms with E-state index in [1.165, 1.54) is 0 Å². The van der Waals surface area contributed by atoms with Crippen LogP contribution in [0.3, 0.4) is 0 Å². The second-order valence-electron chi connectivity index (χ2n) is 7.00. The number of hydrogen-bond donors (Lipinski definition) is 1. The summed E-state index contributed by atoms with van der Waals surface area (Å²) in [6.07, 6.45) is 1.98. The average molecular weight is 424 g/mol. The first-order valence-corrected chi connectivity index (χ1v) is 9.90. The number of aromatic amines is 1. The highest BCUT2D eigenvalue weighted by atomic mass is 79.9. The molecule has 2 aromatic heterocycles. The van der Waals surface area contributed by atoms with Gasteiger partial charge in [-0.15, -0.1) is 0 Å². The molecule has 0 saturated carbocycles. The summed E-state index contributed by atoms with van der Waals surface area (Å²) in [6, 6.07) is 15.7. The number of imidazole rings is 1. The van der Waals surface area contributed by atoms with Crippen molar-refractivity contribution in [3.63, 3.8) is 0 Å². The lowest BCUT2D eigenvalue weighted by molar-refractivity contribution is 0.0675. The van der Waals surface area contributed by atoms with Crippen molar-refractivity contribution in [3.05, 3.63) is 64.6 Å². The highest BCUT2D eigenvalue weighted by Gasteiger charge is 2.29. The first-order chi connectivity index (χ1) is 13.2. The van der Waals surface area contributed by atoms with Gasteiger partial charge < -0.3 is 14.3 Å². The summed E-state index contributed by atoms with van der Waals surface area (Å²) in [7, 11) is 0. The van der Waals surface area contributed by atoms with Gasteiger partial charge >= 0.3 is 0 Å². The molecule has 1 amide bonds. The molecule has 0 bridgehead atoms. The monoisotopic (exact) mass is 423 g/mol. The molecule has 0 spiro atoms. The number of nitrogens with one attached hydrogen (secondary N) is 1. The van der Waals surface area contributed by atoms with E-state index >= 15 is 0 Å². The molecular formula is C21H18BrN3O2. The van der Waals surface area contributed by atoms with Crippen LogP contribution in [0.25, 0.3) is 22.0 Å². The molecule has 5 rings (SSSR count). The summed E-state index contributed by atoms with van der Waals surface area (Å²) in [4.78, 5) is 23.0. The molecule has 1 fully saturated rings. The van der Waals surface area contributed by atoms with Crippen molar-refractivity contribution < 1.29 is 9.21 Å². The molecule has 0 radical (unpaired) electrons. The molecule has 1 saturated heterocycles. The van der Waals surface area contributed by atoms with Crippen molar-refractivity contribution in [1.29, 1.82) is 0 Å². The van der Waals surface area contributed by atoms with Crippen molar-refractivity contribution in [3.8, 4) is 0 Å². The van der Waals surface area contributed by atoms with Gasteiger partial charge in [-0.2, -0.15) is 0 Å². The zero-order valence-corrected chi connectivity index (χ0v) is 16.2. The summed E-state index contributed by atoms with van der Waals surface area (Å²) in [5.74, 6) is 1.51. The van der Waals surface area contributed by atoms with E-state index in [1.807, 2.05) is 53.4 Å². The number of carbonyl (C=O) groups is 1. The minimum Gasteiger partial charge on any atom is -0.450 e. The number of furan rings is 1. The van der Waals surface area contributed by atoms with E-state index in [1.54, 1.807) is 0 Å². The summed E-state index contributed by atoms with van der Waals surface area (Å²) in [6.45, 7) is 1.39. The molecule has 27 heavy (non-hydrogen) atoms. The molecule has 1 atom stereocenters. The van der Waals surface area contributed by atoms with Gasteiger partial charge in [0.15, 0.2) is 5.76 Å². The molecule has 2 aromatic carbocycles. The summed E-state index contributed by atoms with van der Waals surface area (Å²) < 4.78 is 6.70. The Hall–Kier alpha value is -2.60. The van der Waals surface area contributed by atoms with Gasteiger partial charge in [0.1, 0.15) is 11.4 Å². The summed E-state index contributed by atoms with van der Waals surface area (Å²) in [5.41, 5.74) is 2.72. The van der Waals surface area contributed by atoms with Gasteiger partial charge in [0.05, 0.1) is 15.5 Å². The van der Waals surface area contributed by atoms with E-state index < -0.39 is 0 Å². The molecule has 6 heteroatoms. The molecule has 1 unspecified atom stereocenters. The number of amides is 1. The number of rotatable bonds is 2. The lowest BCUT2D eigenvalue weighted by Crippen LogP contribution is -2.39. The van der Waals surface area contributed by atoms with Crippen LogP contribution in [0.15, 0.2) is 57.4 Å². The number of H-pyrrole nitrogens is 1. The fourth-order valence-corrected chi connectivity index (χ4v) is 4.30. The lowest BCUT2D eigenvalue weighted by atomic mass is 9.97. The van der Waals surface area contributed by atoms with E-state index in [0.29, 0.717) is 17.9 Å². The molecule has 1 N–H and O–H groups in total. The zero-order chi connectivity index (χ0) is 18.4. The van der Waals surface area contributed by atoms with Gasteiger partial charge in [0.25, 0.3) is 5.91 Å². The second-order valence-corrected chi connectivity index (χ2v) is 7.85. The number of likely N-dealkylation sites (tertiary alicyclic amines) is 1. The van der Waals surface area contributed by atoms with E-state index in [-0.39, 0.29) is 11.8 Å². The zero-order valence-electron chi connectivity index (χ0n) is 14.6. The minimum absolute atomic E-state index is 0.0566. The average Bonchev–Trinajstić information content (AvgIpc) is 3.32. The normalized spacial score (nSPS) is 17.7. The molecule has 136 valence electrons. The molecule has 4 aromatic rings. The van der Waals surface area contributed by atoms with Gasteiger partial charge in [-0.25, -0.2) is 4.98 Å². The molecule has 1 aliphatic heterocycles. The number of benzene rings is 2. The number of aromatic nitrogens is 2. The predicted octanol–water partition coefficient (Wildman–Crippen LogP) is 5.09. The Labute approximate surface area is 164 Å². The van der Waals surface area contributed by atoms with E-state index in [2.05, 4.69) is 20.9 Å². The van der Waals surface area contributed by atoms with Crippen LogP contribution in [0.2, 0.25) is 0 Å². The van der Waals surface area contributed by atoms with Gasteiger partial charge in [-0.3, -0.25) is 4.79 Å². The van der Waals surface area contributed by atoms with Crippen LogP contribution in [-0.2, 0) is 0 Å². The van der Waals surface area contributed by atoms with Crippen LogP contribution in [0.1, 0.15) is 35.1 Å². The van der Waals surface area contributed by atoms with Crippen LogP contribution in [0.4, 0.5) is 0 Å². The van der Waals surface area contributed by atoms with Gasteiger partial charge in [-0.05, 0) is 53.0 Å². The van der Waals surface area contributed by atoms with E-state index in [9.17, 15) is 4.79 Å². The van der Waals surface area contributed by atoms with E-state index in [0.717, 1.165) is 46.1 Å². The van der Waals surface area contributed by atoms with Crippen LogP contribution < -0.4 is 0 Å². The number of hydrogen-bond acceptors (Lipinski definition) is 3. The molecule has 0 aliphatic carbocycles. The number of piperidine rings is 1. The fraction of sp³-hybridized carbons (Fsp3) is 0.238. The second kappa shape index (κ2) is 6.53. The maximum atomic E-state index is 13.0. The first kappa shape index (κ1) is 16.6. The third-order valence-corrected chi connectivity index (χ3v) is 5.83. The quantitative estimate of drug-likeness (QED) is 0.488. The predicted molar refractivity (Wildman–Crippen MR) is 108 cm³/mol. The topological polar surface area (TPSA) is 62.1 Å². The molecular weight excluding hydrogens is 406 g/mol. The van der Waals surface area contributed by atoms with Crippen LogP contribution in [0.5, 0.6) is 0 Å². The van der Waals surface area contributed by atoms with E-state index in [4.69, 9.17) is 9.40 Å². The fourth-order valence-electron chi connectivity index (χ4n) is 3.84. The largest absolute Gasteiger partial charge is 0.450 e. The van der Waals surface area contributed by atoms with Gasteiger partial charge in [0, 0.05) is 24.4 Å². The Balaban J connectivity index is 1.41. The third-order valence-electron chi connectivity index (χ3n) is 5.21. The maximum absolute atomic E-state index is 13.0. The minimum atomic E-state index is -0.0566.